The minimum absolute atomic E-state index is 0.0423. The zero-order chi connectivity index (χ0) is 14.0. The average Bonchev–Trinajstić information content (AvgIpc) is 2.25. The summed E-state index contributed by atoms with van der Waals surface area (Å²) in [5.41, 5.74) is 0.931. The van der Waals surface area contributed by atoms with Gasteiger partial charge in [-0.1, -0.05) is 0 Å². The number of hydrogen-bond donors (Lipinski definition) is 1. The van der Waals surface area contributed by atoms with Crippen molar-refractivity contribution in [3.8, 4) is 0 Å². The third-order valence-electron chi connectivity index (χ3n) is 3.08. The molecular weight excluding hydrogens is 264 g/mol. The maximum Gasteiger partial charge on any atom is 0.209 e. The van der Waals surface area contributed by atoms with E-state index in [1.807, 2.05) is 19.9 Å². The molecule has 6 nitrogen and oxygen atoms in total. The van der Waals surface area contributed by atoms with Crippen LogP contribution in [0.1, 0.15) is 24.4 Å². The van der Waals surface area contributed by atoms with Crippen LogP contribution in [0.3, 0.4) is 0 Å². The number of hydrogen-bond acceptors (Lipinski definition) is 5. The molecule has 0 bridgehead atoms. The van der Waals surface area contributed by atoms with E-state index in [9.17, 15) is 8.42 Å². The SMILES string of the molecule is Cc1cc(N2CCC[C@@H](NS(C)(=O)=O)C2)nc(C)n1. The molecule has 0 radical (unpaired) electrons. The van der Waals surface area contributed by atoms with E-state index in [0.29, 0.717) is 6.54 Å². The van der Waals surface area contributed by atoms with Gasteiger partial charge in [0.15, 0.2) is 0 Å². The molecule has 0 amide bonds. The Morgan fingerprint density at radius 1 is 1.37 bits per heavy atom. The van der Waals surface area contributed by atoms with Gasteiger partial charge in [-0.3, -0.25) is 0 Å². The Bertz CT molecular complexity index is 539. The standard InChI is InChI=1S/C12H20N4O2S/c1-9-7-12(14-10(2)13-9)16-6-4-5-11(8-16)15-19(3,17)18/h7,11,15H,4-6,8H2,1-3H3/t11-/m1/s1. The molecule has 1 N–H and O–H groups in total. The van der Waals surface area contributed by atoms with Gasteiger partial charge in [0.2, 0.25) is 10.0 Å². The third-order valence-corrected chi connectivity index (χ3v) is 3.84. The van der Waals surface area contributed by atoms with Gasteiger partial charge in [-0.15, -0.1) is 0 Å². The fourth-order valence-electron chi connectivity index (χ4n) is 2.44. The highest BCUT2D eigenvalue weighted by Gasteiger charge is 2.23. The topological polar surface area (TPSA) is 75.2 Å². The molecule has 106 valence electrons. The summed E-state index contributed by atoms with van der Waals surface area (Å²) in [6.07, 6.45) is 3.02. The lowest BCUT2D eigenvalue weighted by Gasteiger charge is -2.33. The lowest BCUT2D eigenvalue weighted by Crippen LogP contribution is -2.47. The number of aromatic nitrogens is 2. The molecule has 2 rings (SSSR count). The summed E-state index contributed by atoms with van der Waals surface area (Å²) in [5, 5.41) is 0. The molecule has 1 aliphatic rings. The quantitative estimate of drug-likeness (QED) is 0.880. The zero-order valence-electron chi connectivity index (χ0n) is 11.5. The highest BCUT2D eigenvalue weighted by molar-refractivity contribution is 7.88. The first-order valence-corrected chi connectivity index (χ1v) is 8.27. The first-order chi connectivity index (χ1) is 8.83. The molecule has 1 saturated heterocycles. The van der Waals surface area contributed by atoms with Crippen LogP contribution in [0.5, 0.6) is 0 Å². The van der Waals surface area contributed by atoms with Crippen LogP contribution in [0.15, 0.2) is 6.07 Å². The lowest BCUT2D eigenvalue weighted by atomic mass is 10.1. The van der Waals surface area contributed by atoms with Crippen molar-refractivity contribution < 1.29 is 8.42 Å². The van der Waals surface area contributed by atoms with Crippen molar-refractivity contribution in [3.63, 3.8) is 0 Å². The van der Waals surface area contributed by atoms with E-state index in [1.54, 1.807) is 0 Å². The maximum atomic E-state index is 11.3. The number of nitrogens with zero attached hydrogens (tertiary/aromatic N) is 3. The number of piperidine rings is 1. The summed E-state index contributed by atoms with van der Waals surface area (Å²) in [7, 11) is -3.16. The molecule has 0 aromatic carbocycles. The Hall–Kier alpha value is -1.21. The smallest absolute Gasteiger partial charge is 0.209 e. The number of sulfonamides is 1. The highest BCUT2D eigenvalue weighted by Crippen LogP contribution is 2.19. The summed E-state index contributed by atoms with van der Waals surface area (Å²) in [6.45, 7) is 5.36. The number of nitrogens with one attached hydrogen (secondary N) is 1. The molecule has 1 aromatic heterocycles. The second-order valence-corrected chi connectivity index (χ2v) is 6.87. The Labute approximate surface area is 114 Å². The molecule has 0 unspecified atom stereocenters. The minimum atomic E-state index is -3.16. The van der Waals surface area contributed by atoms with Gasteiger partial charge < -0.3 is 4.90 Å². The predicted octanol–water partition coefficient (Wildman–Crippen LogP) is 0.611. The Morgan fingerprint density at radius 3 is 2.74 bits per heavy atom. The fourth-order valence-corrected chi connectivity index (χ4v) is 3.24. The van der Waals surface area contributed by atoms with Crippen molar-refractivity contribution in [2.45, 2.75) is 32.7 Å². The number of rotatable bonds is 3. The average molecular weight is 284 g/mol. The lowest BCUT2D eigenvalue weighted by molar-refractivity contribution is 0.465. The molecule has 1 aromatic rings. The fraction of sp³-hybridized carbons (Fsp3) is 0.667. The molecule has 2 heterocycles. The van der Waals surface area contributed by atoms with Crippen LogP contribution >= 0.6 is 0 Å². The molecule has 1 aliphatic heterocycles. The van der Waals surface area contributed by atoms with Crippen LogP contribution in [-0.4, -0.2) is 43.8 Å². The summed E-state index contributed by atoms with van der Waals surface area (Å²) in [4.78, 5) is 10.8. The van der Waals surface area contributed by atoms with E-state index in [1.165, 1.54) is 6.26 Å². The van der Waals surface area contributed by atoms with Gasteiger partial charge in [0.25, 0.3) is 0 Å². The van der Waals surface area contributed by atoms with E-state index in [2.05, 4.69) is 19.6 Å². The Balaban J connectivity index is 2.12. The van der Waals surface area contributed by atoms with Gasteiger partial charge >= 0.3 is 0 Å². The maximum absolute atomic E-state index is 11.3. The second-order valence-electron chi connectivity index (χ2n) is 5.09. The van der Waals surface area contributed by atoms with Crippen LogP contribution < -0.4 is 9.62 Å². The summed E-state index contributed by atoms with van der Waals surface area (Å²) in [6, 6.07) is 1.90. The third kappa shape index (κ3) is 4.14. The molecule has 0 saturated carbocycles. The van der Waals surface area contributed by atoms with E-state index in [0.717, 1.165) is 36.7 Å². The van der Waals surface area contributed by atoms with Crippen molar-refractivity contribution in [2.24, 2.45) is 0 Å². The predicted molar refractivity (Wildman–Crippen MR) is 74.7 cm³/mol. The van der Waals surface area contributed by atoms with E-state index < -0.39 is 10.0 Å². The zero-order valence-corrected chi connectivity index (χ0v) is 12.4. The van der Waals surface area contributed by atoms with Crippen molar-refractivity contribution in [2.75, 3.05) is 24.2 Å². The largest absolute Gasteiger partial charge is 0.355 e. The number of anilines is 1. The van der Waals surface area contributed by atoms with Gasteiger partial charge in [0.1, 0.15) is 11.6 Å². The van der Waals surface area contributed by atoms with E-state index in [4.69, 9.17) is 0 Å². The van der Waals surface area contributed by atoms with Crippen molar-refractivity contribution >= 4 is 15.8 Å². The van der Waals surface area contributed by atoms with Gasteiger partial charge in [-0.2, -0.15) is 0 Å². The molecule has 1 fully saturated rings. The molecule has 7 heteroatoms. The summed E-state index contributed by atoms with van der Waals surface area (Å²) < 4.78 is 25.3. The highest BCUT2D eigenvalue weighted by atomic mass is 32.2. The monoisotopic (exact) mass is 284 g/mol. The van der Waals surface area contributed by atoms with Crippen LogP contribution in [0, 0.1) is 13.8 Å². The Morgan fingerprint density at radius 2 is 2.11 bits per heavy atom. The van der Waals surface area contributed by atoms with E-state index >= 15 is 0 Å². The summed E-state index contributed by atoms with van der Waals surface area (Å²) in [5.74, 6) is 1.62. The Kier molecular flexibility index (Phi) is 4.05. The molecule has 19 heavy (non-hydrogen) atoms. The van der Waals surface area contributed by atoms with Crippen molar-refractivity contribution in [1.82, 2.24) is 14.7 Å². The number of aryl methyl sites for hydroxylation is 2. The van der Waals surface area contributed by atoms with Crippen LogP contribution in [0.2, 0.25) is 0 Å². The van der Waals surface area contributed by atoms with E-state index in [-0.39, 0.29) is 6.04 Å². The molecular formula is C12H20N4O2S. The van der Waals surface area contributed by atoms with Gasteiger partial charge in [0, 0.05) is 30.9 Å². The normalized spacial score (nSPS) is 20.6. The molecule has 1 atom stereocenters. The molecule has 0 aliphatic carbocycles. The van der Waals surface area contributed by atoms with Crippen molar-refractivity contribution in [1.29, 1.82) is 0 Å². The first kappa shape index (κ1) is 14.2. The minimum Gasteiger partial charge on any atom is -0.355 e. The van der Waals surface area contributed by atoms with Crippen molar-refractivity contribution in [3.05, 3.63) is 17.6 Å². The molecule has 0 spiro atoms. The van der Waals surface area contributed by atoms with Crippen LogP contribution in [-0.2, 0) is 10.0 Å². The van der Waals surface area contributed by atoms with Crippen LogP contribution in [0.25, 0.3) is 0 Å². The van der Waals surface area contributed by atoms with Gasteiger partial charge in [-0.05, 0) is 26.7 Å². The summed E-state index contributed by atoms with van der Waals surface area (Å²) >= 11 is 0. The second kappa shape index (κ2) is 5.42. The van der Waals surface area contributed by atoms with Gasteiger partial charge in [-0.25, -0.2) is 23.1 Å². The first-order valence-electron chi connectivity index (χ1n) is 6.38. The van der Waals surface area contributed by atoms with Gasteiger partial charge in [0.05, 0.1) is 6.26 Å². The van der Waals surface area contributed by atoms with Crippen LogP contribution in [0.4, 0.5) is 5.82 Å².